The molecule has 2 heterocycles. The van der Waals surface area contributed by atoms with Gasteiger partial charge in [0.05, 0.1) is 32.3 Å². The van der Waals surface area contributed by atoms with Crippen LogP contribution < -0.4 is 4.74 Å². The fourth-order valence-electron chi connectivity index (χ4n) is 6.33. The molecule has 0 radical (unpaired) electrons. The van der Waals surface area contributed by atoms with E-state index in [-0.39, 0.29) is 18.2 Å². The highest BCUT2D eigenvalue weighted by atomic mass is 32.2. The van der Waals surface area contributed by atoms with Crippen molar-refractivity contribution < 1.29 is 19.0 Å². The Bertz CT molecular complexity index is 1270. The van der Waals surface area contributed by atoms with E-state index in [1.165, 1.54) is 141 Å². The maximum absolute atomic E-state index is 13.0. The first-order valence-electron chi connectivity index (χ1n) is 20.8. The van der Waals surface area contributed by atoms with Gasteiger partial charge in [0, 0.05) is 35.9 Å². The molecule has 2 atom stereocenters. The Morgan fingerprint density at radius 3 is 1.49 bits per heavy atom. The first-order chi connectivity index (χ1) is 25.9. The molecule has 2 aliphatic rings. The van der Waals surface area contributed by atoms with E-state index in [2.05, 4.69) is 33.8 Å². The number of nitrogens with zero attached hydrogens (tertiary/aromatic N) is 1. The largest absolute Gasteiger partial charge is 0.423 e. The van der Waals surface area contributed by atoms with Crippen molar-refractivity contribution in [2.75, 3.05) is 13.2 Å². The monoisotopic (exact) mass is 801 g/mol. The zero-order chi connectivity index (χ0) is 37.9. The first-order valence-corrected chi connectivity index (χ1v) is 24.1. The highest BCUT2D eigenvalue weighted by Crippen LogP contribution is 2.59. The van der Waals surface area contributed by atoms with Crippen LogP contribution in [0.3, 0.4) is 0 Å². The van der Waals surface area contributed by atoms with Gasteiger partial charge in [0.2, 0.25) is 0 Å². The zero-order valence-electron chi connectivity index (χ0n) is 33.2. The Hall–Kier alpha value is -1.28. The summed E-state index contributed by atoms with van der Waals surface area (Å²) in [5, 5.41) is 11.0. The summed E-state index contributed by atoms with van der Waals surface area (Å²) in [6.07, 6.45) is 28.7. The average Bonchev–Trinajstić information content (AvgIpc) is 3.81. The molecular weight excluding hydrogens is 735 g/mol. The van der Waals surface area contributed by atoms with Gasteiger partial charge in [-0.15, -0.1) is 0 Å². The lowest BCUT2D eigenvalue weighted by molar-refractivity contribution is -0.129. The van der Waals surface area contributed by atoms with Crippen LogP contribution in [-0.2, 0) is 14.3 Å². The Kier molecular flexibility index (Phi) is 25.3. The second-order valence-corrected chi connectivity index (χ2v) is 19.1. The fraction of sp³-hybridized carbons (Fsp3) is 0.682. The van der Waals surface area contributed by atoms with E-state index >= 15 is 0 Å². The Morgan fingerprint density at radius 1 is 0.623 bits per heavy atom. The molecule has 0 unspecified atom stereocenters. The van der Waals surface area contributed by atoms with Crippen molar-refractivity contribution in [3.63, 3.8) is 0 Å². The summed E-state index contributed by atoms with van der Waals surface area (Å²) < 4.78 is 20.7. The lowest BCUT2D eigenvalue weighted by Crippen LogP contribution is -2.12. The summed E-state index contributed by atoms with van der Waals surface area (Å²) in [5.41, 5.74) is 0.535. The van der Waals surface area contributed by atoms with Crippen LogP contribution in [0, 0.1) is 11.3 Å². The van der Waals surface area contributed by atoms with Gasteiger partial charge in [-0.2, -0.15) is 5.26 Å². The standard InChI is InChI=1S/C44H67NO4S4/c1-5-7-9-11-13-15-17-19-21-23-29-47-35(3)31-39-40(32-36(4)48-30-24-22-20-18-16-14-12-10-8-6-2)52-44(51-39)43-50-34-41(53-43)42(46)49-38-27-25-37(33-45)26-28-38/h25-28,34-36H,5-24,29-32H2,1-4H3/t35-,36-/m0/s1. The molecule has 0 bridgehead atoms. The van der Waals surface area contributed by atoms with Crippen LogP contribution in [-0.4, -0.2) is 31.4 Å². The van der Waals surface area contributed by atoms with Crippen molar-refractivity contribution in [2.24, 2.45) is 0 Å². The summed E-state index contributed by atoms with van der Waals surface area (Å²) >= 11 is 6.77. The number of ether oxygens (including phenoxy) is 3. The molecule has 0 aliphatic carbocycles. The number of carbonyl (C=O) groups is 1. The minimum absolute atomic E-state index is 0.152. The number of thioether (sulfide) groups is 4. The number of nitriles is 1. The van der Waals surface area contributed by atoms with Gasteiger partial charge in [-0.05, 0) is 56.4 Å². The normalized spacial score (nSPS) is 15.6. The molecule has 0 fully saturated rings. The van der Waals surface area contributed by atoms with Crippen molar-refractivity contribution in [1.82, 2.24) is 0 Å². The first kappa shape index (κ1) is 46.1. The maximum Gasteiger partial charge on any atom is 0.350 e. The third-order valence-corrected chi connectivity index (χ3v) is 15.1. The molecule has 0 saturated heterocycles. The van der Waals surface area contributed by atoms with E-state index in [9.17, 15) is 4.79 Å². The molecule has 53 heavy (non-hydrogen) atoms. The topological polar surface area (TPSA) is 68.6 Å². The van der Waals surface area contributed by atoms with Gasteiger partial charge in [0.1, 0.15) is 10.7 Å². The van der Waals surface area contributed by atoms with Crippen molar-refractivity contribution in [2.45, 2.75) is 181 Å². The molecule has 0 saturated carbocycles. The van der Waals surface area contributed by atoms with Gasteiger partial charge in [-0.1, -0.05) is 176 Å². The van der Waals surface area contributed by atoms with Crippen LogP contribution >= 0.6 is 47.0 Å². The second-order valence-electron chi connectivity index (χ2n) is 14.5. The number of esters is 1. The average molecular weight is 802 g/mol. The predicted molar refractivity (Wildman–Crippen MR) is 233 cm³/mol. The van der Waals surface area contributed by atoms with Gasteiger partial charge in [0.25, 0.3) is 0 Å². The highest BCUT2D eigenvalue weighted by Gasteiger charge is 2.30. The molecule has 3 rings (SSSR count). The summed E-state index contributed by atoms with van der Waals surface area (Å²) in [7, 11) is 0. The molecule has 9 heteroatoms. The lowest BCUT2D eigenvalue weighted by atomic mass is 10.1. The molecular formula is C44H67NO4S4. The van der Waals surface area contributed by atoms with Crippen LogP contribution in [0.25, 0.3) is 0 Å². The smallest absolute Gasteiger partial charge is 0.350 e. The Balaban J connectivity index is 1.46. The molecule has 2 aliphatic heterocycles. The third-order valence-electron chi connectivity index (χ3n) is 9.53. The number of rotatable bonds is 30. The molecule has 0 amide bonds. The molecule has 1 aromatic rings. The van der Waals surface area contributed by atoms with Gasteiger partial charge in [-0.25, -0.2) is 4.79 Å². The predicted octanol–water partition coefficient (Wildman–Crippen LogP) is 15.0. The van der Waals surface area contributed by atoms with Crippen molar-refractivity contribution in [1.29, 1.82) is 5.26 Å². The third kappa shape index (κ3) is 19.9. The van der Waals surface area contributed by atoms with Crippen LogP contribution in [0.1, 0.15) is 175 Å². The van der Waals surface area contributed by atoms with E-state index in [0.29, 0.717) is 16.2 Å². The summed E-state index contributed by atoms with van der Waals surface area (Å²) in [5.74, 6) is 0.0724. The van der Waals surface area contributed by atoms with Crippen LogP contribution in [0.2, 0.25) is 0 Å². The highest BCUT2D eigenvalue weighted by molar-refractivity contribution is 8.34. The number of hydrogen-bond acceptors (Lipinski definition) is 9. The lowest BCUT2D eigenvalue weighted by Gasteiger charge is -2.17. The van der Waals surface area contributed by atoms with E-state index in [4.69, 9.17) is 19.5 Å². The molecule has 1 aromatic carbocycles. The minimum atomic E-state index is -0.368. The van der Waals surface area contributed by atoms with E-state index in [1.54, 1.807) is 36.0 Å². The zero-order valence-corrected chi connectivity index (χ0v) is 36.5. The molecule has 0 aromatic heterocycles. The van der Waals surface area contributed by atoms with E-state index in [1.807, 2.05) is 28.9 Å². The van der Waals surface area contributed by atoms with Gasteiger partial charge < -0.3 is 14.2 Å². The van der Waals surface area contributed by atoms with Crippen LogP contribution in [0.5, 0.6) is 5.75 Å². The number of unbranched alkanes of at least 4 members (excludes halogenated alkanes) is 18. The quantitative estimate of drug-likeness (QED) is 0.0430. The van der Waals surface area contributed by atoms with Gasteiger partial charge in [0.15, 0.2) is 0 Å². The molecule has 0 N–H and O–H groups in total. The maximum atomic E-state index is 13.0. The van der Waals surface area contributed by atoms with Crippen LogP contribution in [0.15, 0.2) is 52.9 Å². The minimum Gasteiger partial charge on any atom is -0.423 e. The Morgan fingerprint density at radius 2 is 1.06 bits per heavy atom. The van der Waals surface area contributed by atoms with Crippen molar-refractivity contribution >= 4 is 53.0 Å². The van der Waals surface area contributed by atoms with Crippen molar-refractivity contribution in [3.05, 3.63) is 58.4 Å². The molecule has 5 nitrogen and oxygen atoms in total. The Labute approximate surface area is 340 Å². The van der Waals surface area contributed by atoms with Crippen LogP contribution in [0.4, 0.5) is 0 Å². The van der Waals surface area contributed by atoms with E-state index < -0.39 is 0 Å². The summed E-state index contributed by atoms with van der Waals surface area (Å²) in [4.78, 5) is 16.3. The fourth-order valence-corrected chi connectivity index (χ4v) is 11.8. The second kappa shape index (κ2) is 29.0. The SMILES string of the molecule is CCCCCCCCCCCCO[C@@H](C)CC1=C(C[C@H](C)OCCCCCCCCCCCC)SC(=C2SC=C(C(=O)Oc3ccc(C#N)cc3)S2)S1. The molecule has 0 spiro atoms. The number of benzene rings is 1. The van der Waals surface area contributed by atoms with E-state index in [0.717, 1.165) is 43.1 Å². The number of hydrogen-bond donors (Lipinski definition) is 0. The van der Waals surface area contributed by atoms with Crippen molar-refractivity contribution in [3.8, 4) is 11.8 Å². The van der Waals surface area contributed by atoms with Gasteiger partial charge >= 0.3 is 5.97 Å². The molecule has 296 valence electrons. The number of carbonyl (C=O) groups excluding carboxylic acids is 1. The summed E-state index contributed by atoms with van der Waals surface area (Å²) in [6, 6.07) is 8.73. The summed E-state index contributed by atoms with van der Waals surface area (Å²) in [6.45, 7) is 10.6. The van der Waals surface area contributed by atoms with Gasteiger partial charge in [-0.3, -0.25) is 0 Å².